The molecule has 0 aromatic carbocycles. The maximum absolute atomic E-state index is 15.2. The average molecular weight is 576 g/mol. The van der Waals surface area contributed by atoms with Gasteiger partial charge in [0.15, 0.2) is 15.7 Å². The summed E-state index contributed by atoms with van der Waals surface area (Å²) in [5.74, 6) is -2.90. The van der Waals surface area contributed by atoms with Gasteiger partial charge in [-0.1, -0.05) is 12.1 Å². The van der Waals surface area contributed by atoms with Crippen LogP contribution < -0.4 is 5.32 Å². The highest BCUT2D eigenvalue weighted by molar-refractivity contribution is 7.92. The van der Waals surface area contributed by atoms with E-state index in [1.807, 2.05) is 6.92 Å². The predicted molar refractivity (Wildman–Crippen MR) is 138 cm³/mol. The van der Waals surface area contributed by atoms with Gasteiger partial charge in [-0.25, -0.2) is 26.4 Å². The van der Waals surface area contributed by atoms with Crippen LogP contribution in [0.2, 0.25) is 0 Å². The van der Waals surface area contributed by atoms with Crippen LogP contribution in [0.4, 0.5) is 18.0 Å². The quantitative estimate of drug-likeness (QED) is 0.550. The second-order valence-corrected chi connectivity index (χ2v) is 14.8. The summed E-state index contributed by atoms with van der Waals surface area (Å²) >= 11 is 0. The van der Waals surface area contributed by atoms with Crippen LogP contribution in [-0.2, 0) is 15.3 Å². The van der Waals surface area contributed by atoms with Crippen LogP contribution >= 0.6 is 0 Å². The second-order valence-electron chi connectivity index (χ2n) is 12.4. The fraction of sp³-hybridized carbons (Fsp3) is 0.885. The number of hydrogen-bond donors (Lipinski definition) is 1. The van der Waals surface area contributed by atoms with Crippen molar-refractivity contribution in [3.05, 3.63) is 11.7 Å². The standard InChI is InChI=1S/C26H40F3N5O4S/c1-16(2)33-11-6-17(7-12-33)39(36,37)20-5-4-8-26(28,29)21(20)30-24(35)34-13-9-25(3,10-14-34)23-31-22(38-32-23)18-15-19(18)27/h16-21H,4-15H2,1-3H3,(H,30,35)/t18-,19+,20+,21-/m1/s1. The maximum Gasteiger partial charge on any atom is 0.317 e. The Morgan fingerprint density at radius 3 is 2.33 bits per heavy atom. The molecule has 13 heteroatoms. The summed E-state index contributed by atoms with van der Waals surface area (Å²) in [5, 5.41) is 4.51. The molecular formula is C26H40F3N5O4S. The molecule has 39 heavy (non-hydrogen) atoms. The van der Waals surface area contributed by atoms with Crippen molar-refractivity contribution in [2.24, 2.45) is 0 Å². The zero-order chi connectivity index (χ0) is 28.2. The minimum atomic E-state index is -3.88. The van der Waals surface area contributed by atoms with Gasteiger partial charge in [0.25, 0.3) is 5.92 Å². The minimum absolute atomic E-state index is 0.104. The van der Waals surface area contributed by atoms with Crippen molar-refractivity contribution >= 4 is 15.9 Å². The van der Waals surface area contributed by atoms with Crippen LogP contribution in [0.25, 0.3) is 0 Å². The highest BCUT2D eigenvalue weighted by atomic mass is 32.2. The molecule has 0 spiro atoms. The lowest BCUT2D eigenvalue weighted by molar-refractivity contribution is -0.0596. The molecule has 1 aromatic heterocycles. The van der Waals surface area contributed by atoms with Crippen molar-refractivity contribution in [2.75, 3.05) is 26.2 Å². The molecule has 1 aromatic rings. The van der Waals surface area contributed by atoms with E-state index in [1.165, 1.54) is 4.90 Å². The molecular weight excluding hydrogens is 535 g/mol. The van der Waals surface area contributed by atoms with Crippen molar-refractivity contribution in [3.8, 4) is 0 Å². The van der Waals surface area contributed by atoms with E-state index in [0.717, 1.165) is 0 Å². The lowest BCUT2D eigenvalue weighted by atomic mass is 9.79. The van der Waals surface area contributed by atoms with Crippen molar-refractivity contribution in [1.82, 2.24) is 25.3 Å². The molecule has 4 aliphatic rings. The van der Waals surface area contributed by atoms with Crippen LogP contribution in [0, 0.1) is 0 Å². The topological polar surface area (TPSA) is 109 Å². The largest absolute Gasteiger partial charge is 0.339 e. The molecule has 2 amide bonds. The summed E-state index contributed by atoms with van der Waals surface area (Å²) in [4.78, 5) is 21.2. The summed E-state index contributed by atoms with van der Waals surface area (Å²) < 4.78 is 76.3. The van der Waals surface area contributed by atoms with Gasteiger partial charge in [-0.3, -0.25) is 0 Å². The third kappa shape index (κ3) is 5.67. The molecule has 220 valence electrons. The first-order valence-electron chi connectivity index (χ1n) is 14.2. The molecule has 9 nitrogen and oxygen atoms in total. The maximum atomic E-state index is 15.2. The number of alkyl halides is 3. The van der Waals surface area contributed by atoms with Gasteiger partial charge in [-0.15, -0.1) is 0 Å². The van der Waals surface area contributed by atoms with Crippen LogP contribution in [0.3, 0.4) is 0 Å². The number of amides is 2. The molecule has 0 bridgehead atoms. The number of piperidine rings is 2. The zero-order valence-electron chi connectivity index (χ0n) is 22.9. The number of carbonyl (C=O) groups excluding carboxylic acids is 1. The Balaban J connectivity index is 1.23. The van der Waals surface area contributed by atoms with Crippen molar-refractivity contribution < 1.29 is 30.9 Å². The number of nitrogens with zero attached hydrogens (tertiary/aromatic N) is 4. The van der Waals surface area contributed by atoms with Gasteiger partial charge in [0.05, 0.1) is 16.4 Å². The molecule has 4 fully saturated rings. The Morgan fingerprint density at radius 2 is 1.74 bits per heavy atom. The molecule has 2 aliphatic heterocycles. The van der Waals surface area contributed by atoms with E-state index in [2.05, 4.69) is 34.2 Å². The third-order valence-corrected chi connectivity index (χ3v) is 12.1. The summed E-state index contributed by atoms with van der Waals surface area (Å²) in [6, 6.07) is -2.13. The third-order valence-electron chi connectivity index (χ3n) is 9.36. The molecule has 4 atom stereocenters. The fourth-order valence-corrected chi connectivity index (χ4v) is 8.86. The number of likely N-dealkylation sites (tertiary alicyclic amines) is 2. The number of carbonyl (C=O) groups is 1. The zero-order valence-corrected chi connectivity index (χ0v) is 23.7. The molecule has 2 saturated heterocycles. The number of aromatic nitrogens is 2. The van der Waals surface area contributed by atoms with Gasteiger partial charge >= 0.3 is 6.03 Å². The highest BCUT2D eigenvalue weighted by Crippen LogP contribution is 2.44. The summed E-state index contributed by atoms with van der Waals surface area (Å²) in [6.07, 6.45) is 0.979. The smallest absolute Gasteiger partial charge is 0.317 e. The number of nitrogens with one attached hydrogen (secondary N) is 1. The van der Waals surface area contributed by atoms with E-state index in [9.17, 15) is 17.6 Å². The van der Waals surface area contributed by atoms with Gasteiger partial charge in [-0.2, -0.15) is 4.98 Å². The van der Waals surface area contributed by atoms with Gasteiger partial charge in [0.1, 0.15) is 12.2 Å². The number of urea groups is 1. The lowest BCUT2D eigenvalue weighted by Crippen LogP contribution is -2.63. The molecule has 3 heterocycles. The SMILES string of the molecule is CC(C)N1CCC(S(=O)(=O)[C@H]2CCCC(F)(F)[C@@H]2NC(=O)N2CCC(C)(c3noc([C@@H]4C[C@@H]4F)n3)CC2)CC1. The van der Waals surface area contributed by atoms with Crippen LogP contribution in [0.5, 0.6) is 0 Å². The molecule has 0 radical (unpaired) electrons. The Kier molecular flexibility index (Phi) is 7.71. The minimum Gasteiger partial charge on any atom is -0.339 e. The van der Waals surface area contributed by atoms with E-state index in [0.29, 0.717) is 63.0 Å². The first-order chi connectivity index (χ1) is 18.3. The number of hydrogen-bond acceptors (Lipinski definition) is 7. The Labute approximate surface area is 228 Å². The second kappa shape index (κ2) is 10.5. The van der Waals surface area contributed by atoms with E-state index >= 15 is 8.78 Å². The molecule has 2 aliphatic carbocycles. The van der Waals surface area contributed by atoms with Crippen molar-refractivity contribution in [1.29, 1.82) is 0 Å². The van der Waals surface area contributed by atoms with Gasteiger partial charge < -0.3 is 19.6 Å². The normalized spacial score (nSPS) is 31.8. The van der Waals surface area contributed by atoms with Crippen LogP contribution in [0.15, 0.2) is 4.52 Å². The van der Waals surface area contributed by atoms with Gasteiger partial charge in [-0.05, 0) is 71.9 Å². The predicted octanol–water partition coefficient (Wildman–Crippen LogP) is 3.80. The highest BCUT2D eigenvalue weighted by Gasteiger charge is 2.54. The molecule has 5 rings (SSSR count). The Hall–Kier alpha value is -1.89. The summed E-state index contributed by atoms with van der Waals surface area (Å²) in [7, 11) is -3.88. The van der Waals surface area contributed by atoms with E-state index in [-0.39, 0.29) is 31.8 Å². The molecule has 0 unspecified atom stereocenters. The Morgan fingerprint density at radius 1 is 1.10 bits per heavy atom. The number of sulfone groups is 1. The lowest BCUT2D eigenvalue weighted by Gasteiger charge is -2.43. The summed E-state index contributed by atoms with van der Waals surface area (Å²) in [6.45, 7) is 7.82. The van der Waals surface area contributed by atoms with Crippen molar-refractivity contribution in [3.63, 3.8) is 0 Å². The average Bonchev–Trinajstić information content (AvgIpc) is 3.40. The van der Waals surface area contributed by atoms with Crippen LogP contribution in [-0.4, -0.2) is 95.2 Å². The van der Waals surface area contributed by atoms with Crippen molar-refractivity contribution in [2.45, 2.75) is 118 Å². The van der Waals surface area contributed by atoms with E-state index in [1.54, 1.807) is 0 Å². The first kappa shape index (κ1) is 28.6. The summed E-state index contributed by atoms with van der Waals surface area (Å²) in [5.41, 5.74) is -0.495. The molecule has 2 saturated carbocycles. The van der Waals surface area contributed by atoms with Gasteiger partial charge in [0.2, 0.25) is 5.89 Å². The number of halogens is 3. The Bertz CT molecular complexity index is 1150. The van der Waals surface area contributed by atoms with E-state index < -0.39 is 56.3 Å². The van der Waals surface area contributed by atoms with E-state index in [4.69, 9.17) is 4.52 Å². The first-order valence-corrected chi connectivity index (χ1v) is 15.8. The van der Waals surface area contributed by atoms with Gasteiger partial charge in [0, 0.05) is 31.0 Å². The monoisotopic (exact) mass is 575 g/mol. The molecule has 1 N–H and O–H groups in total. The van der Waals surface area contributed by atoms with Crippen LogP contribution in [0.1, 0.15) is 89.8 Å². The fourth-order valence-electron chi connectivity index (χ4n) is 6.36. The number of rotatable bonds is 6.